The van der Waals surface area contributed by atoms with E-state index in [9.17, 15) is 47.4 Å². The van der Waals surface area contributed by atoms with E-state index < -0.39 is 70.8 Å². The first kappa shape index (κ1) is 60.6. The predicted octanol–water partition coefficient (Wildman–Crippen LogP) is 2.81. The first-order valence-electron chi connectivity index (χ1n) is 22.5. The molecule has 71 heavy (non-hydrogen) atoms. The molecule has 3 aliphatic rings. The molecule has 1 saturated heterocycles. The number of ether oxygens (including phenoxy) is 1. The molecule has 23 heteroatoms. The molecule has 1 aliphatic heterocycles. The monoisotopic (exact) mass is 1080 g/mol. The van der Waals surface area contributed by atoms with Crippen molar-refractivity contribution >= 4 is 73.1 Å². The van der Waals surface area contributed by atoms with Gasteiger partial charge in [-0.3, -0.25) is 29.0 Å². The number of nitrogens with two attached hydrogens (primary N) is 1. The van der Waals surface area contributed by atoms with Gasteiger partial charge in [-0.2, -0.15) is 0 Å². The van der Waals surface area contributed by atoms with Crippen LogP contribution in [0.5, 0.6) is 11.5 Å². The van der Waals surface area contributed by atoms with Gasteiger partial charge in [0.1, 0.15) is 23.6 Å². The van der Waals surface area contributed by atoms with Crippen molar-refractivity contribution in [2.75, 3.05) is 32.5 Å². The number of rotatable bonds is 24. The van der Waals surface area contributed by atoms with Gasteiger partial charge in [0.15, 0.2) is 0 Å². The smallest absolute Gasteiger partial charge is 0.508 e. The normalized spacial score (nSPS) is 16.8. The Morgan fingerprint density at radius 1 is 0.859 bits per heavy atom. The second kappa shape index (κ2) is 31.0. The topological polar surface area (TPSA) is 297 Å². The van der Waals surface area contributed by atoms with E-state index in [1.54, 1.807) is 52.5 Å². The number of unbranched alkanes of at least 4 members (excludes halogenated alkanes) is 1. The number of carbonyl (C=O) groups excluding carboxylic acids is 5. The van der Waals surface area contributed by atoms with Crippen LogP contribution in [0.25, 0.3) is 0 Å². The number of carbonyl (C=O) groups is 6. The maximum Gasteiger partial charge on any atom is 2.00 e. The molecule has 1 heterocycles. The number of nitrogens with zero attached hydrogens (tertiary/aromatic N) is 1. The summed E-state index contributed by atoms with van der Waals surface area (Å²) in [5.41, 5.74) is 7.94. The largest absolute Gasteiger partial charge is 2.00 e. The number of aryl methyl sites for hydroxylation is 1. The summed E-state index contributed by atoms with van der Waals surface area (Å²) in [5.74, 6) is -2.27. The Morgan fingerprint density at radius 3 is 2.15 bits per heavy atom. The molecule has 3 atom stereocenters. The summed E-state index contributed by atoms with van der Waals surface area (Å²) in [7, 11) is 1.34. The molecule has 2 saturated carbocycles. The Kier molecular flexibility index (Phi) is 26.5. The Balaban J connectivity index is 0.000000618. The summed E-state index contributed by atoms with van der Waals surface area (Å²) in [6, 6.07) is 5.53. The number of aliphatic imine (C=N–C) groups is 1. The number of hydrogen-bond donors (Lipinski definition) is 9. The summed E-state index contributed by atoms with van der Waals surface area (Å²) < 4.78 is 34.0. The molecule has 10 radical (unpaired) electrons. The van der Waals surface area contributed by atoms with Crippen LogP contribution in [-0.4, -0.2) is 110 Å². The average Bonchev–Trinajstić information content (AvgIpc) is 4.15. The third-order valence-corrected chi connectivity index (χ3v) is 15.6. The number of amides is 5. The Hall–Kier alpha value is -4.70. The average molecular weight is 1080 g/mol. The van der Waals surface area contributed by atoms with Gasteiger partial charge in [-0.25, -0.2) is 17.9 Å². The van der Waals surface area contributed by atoms with E-state index in [0.717, 1.165) is 17.7 Å². The number of sulfonamides is 1. The van der Waals surface area contributed by atoms with Crippen molar-refractivity contribution in [3.8, 4) is 11.5 Å². The van der Waals surface area contributed by atoms with Gasteiger partial charge in [-0.05, 0) is 145 Å². The number of aromatic hydroxyl groups is 1. The Morgan fingerprint density at radius 2 is 1.52 bits per heavy atom. The number of carboxylic acids is 1. The van der Waals surface area contributed by atoms with Crippen molar-refractivity contribution in [3.05, 3.63) is 116 Å². The zero-order chi connectivity index (χ0) is 51.2. The third-order valence-electron chi connectivity index (χ3n) is 10.9. The van der Waals surface area contributed by atoms with Crippen molar-refractivity contribution < 1.29 is 69.2 Å². The fourth-order valence-electron chi connectivity index (χ4n) is 7.15. The number of methoxy groups -OCH3 is 1. The Labute approximate surface area is 436 Å². The number of benzene rings is 2. The molecule has 3 fully saturated rings. The van der Waals surface area contributed by atoms with Crippen LogP contribution < -0.4 is 41.8 Å². The number of phenols is 1. The van der Waals surface area contributed by atoms with Crippen LogP contribution in [0.1, 0.15) is 67.2 Å². The quantitative estimate of drug-likeness (QED) is 0.0240. The first-order chi connectivity index (χ1) is 33.4. The third kappa shape index (κ3) is 21.1. The zero-order valence-electron chi connectivity index (χ0n) is 39.9. The van der Waals surface area contributed by atoms with Gasteiger partial charge in [0.05, 0.1) is 37.1 Å². The molecular weight excluding hydrogens is 1020 g/mol. The summed E-state index contributed by atoms with van der Waals surface area (Å²) in [6.45, 7) is 3.90. The SMILES string of the molecule is COc1cc(C)c(S(=O)(=O)NC(N)=NCCC[C@H](NC(=O)CNC(=O)CNC(=O)[C]2[CH][CH][CH][CH]2)C(=O)N[C@@H](Cc2ccc(O)cc2)C(=O)O)c(C)c1C.O=C(CCCCC1CCSS1)N[C]1[CH][CH][CH][CH]1.[Fe+2]. The van der Waals surface area contributed by atoms with Gasteiger partial charge in [0.25, 0.3) is 10.0 Å². The molecule has 10 N–H and O–H groups in total. The number of carboxylic acid groups (broad SMARTS) is 1. The molecule has 5 rings (SSSR count). The Bertz CT molecular complexity index is 2240. The van der Waals surface area contributed by atoms with Gasteiger partial charge in [-0.15, -0.1) is 0 Å². The second-order valence-corrected chi connectivity index (χ2v) is 20.7. The molecule has 0 spiro atoms. The number of guanidine groups is 1. The van der Waals surface area contributed by atoms with Gasteiger partial charge in [-0.1, -0.05) is 40.1 Å². The fraction of sp³-hybridized carbons (Fsp3) is 0.396. The number of phenolic OH excluding ortho intramolecular Hbond substituents is 1. The molecule has 5 amide bonds. The van der Waals surface area contributed by atoms with Gasteiger partial charge < -0.3 is 47.3 Å². The van der Waals surface area contributed by atoms with E-state index in [1.165, 1.54) is 56.4 Å². The van der Waals surface area contributed by atoms with E-state index in [0.29, 0.717) is 40.3 Å². The molecule has 0 aromatic heterocycles. The molecule has 19 nitrogen and oxygen atoms in total. The molecule has 2 aliphatic carbocycles. The van der Waals surface area contributed by atoms with Crippen LogP contribution in [0.4, 0.5) is 0 Å². The number of aliphatic carboxylic acids is 1. The second-order valence-electron chi connectivity index (χ2n) is 16.3. The van der Waals surface area contributed by atoms with Gasteiger partial charge in [0, 0.05) is 30.4 Å². The van der Waals surface area contributed by atoms with Gasteiger partial charge >= 0.3 is 23.0 Å². The van der Waals surface area contributed by atoms with Crippen LogP contribution in [0.3, 0.4) is 0 Å². The molecule has 0 bridgehead atoms. The van der Waals surface area contributed by atoms with Crippen molar-refractivity contribution in [1.82, 2.24) is 31.3 Å². The maximum absolute atomic E-state index is 13.4. The van der Waals surface area contributed by atoms with Crippen LogP contribution in [0.2, 0.25) is 0 Å². The van der Waals surface area contributed by atoms with E-state index >= 15 is 0 Å². The molecule has 384 valence electrons. The van der Waals surface area contributed by atoms with Crippen molar-refractivity contribution in [2.24, 2.45) is 10.7 Å². The van der Waals surface area contributed by atoms with Crippen molar-refractivity contribution in [2.45, 2.75) is 94.4 Å². The fourth-order valence-corrected chi connectivity index (χ4v) is 11.7. The molecule has 1 unspecified atom stereocenters. The van der Waals surface area contributed by atoms with E-state index in [1.807, 2.05) is 47.3 Å². The summed E-state index contributed by atoms with van der Waals surface area (Å²) in [5, 5.41) is 32.7. The standard InChI is InChI=1S/C35H44N7O10S.C13H18NOS2.Fe/c1-20-16-28(52-4)21(2)22(3)31(20)53(50,51)42-35(36)37-15-7-10-26(33(47)41-27(34(48)49)17-23-11-13-25(43)14-12-23)40-30(45)19-38-29(44)18-39-32(46)24-8-5-6-9-24;15-13(14-11-5-1-2-6-11)8-4-3-7-12-9-10-16-17-12;/h5-6,8-9,11-14,16,26-27,43H,7,10,15,17-19H2,1-4H3,(H,38,44)(H,39,46)(H,40,45)(H,41,47)(H,48,49)(H3,36,37,42);1-2,5-6,12H,3-4,7-10H2,(H,14,15);/q;;+2/t26-,27-;;/m0../s1. The van der Waals surface area contributed by atoms with Crippen LogP contribution >= 0.6 is 21.6 Å². The first-order valence-corrected chi connectivity index (χ1v) is 26.4. The predicted molar refractivity (Wildman–Crippen MR) is 269 cm³/mol. The van der Waals surface area contributed by atoms with Crippen LogP contribution in [0, 0.1) is 84.1 Å². The molecular formula is C48H62FeN8O11S3+2. The summed E-state index contributed by atoms with van der Waals surface area (Å²) >= 11 is 0. The summed E-state index contributed by atoms with van der Waals surface area (Å²) in [4.78, 5) is 78.2. The van der Waals surface area contributed by atoms with Crippen LogP contribution in [-0.2, 0) is 62.3 Å². The van der Waals surface area contributed by atoms with E-state index in [-0.39, 0.29) is 59.4 Å². The minimum Gasteiger partial charge on any atom is -0.508 e. The van der Waals surface area contributed by atoms with Crippen molar-refractivity contribution in [1.29, 1.82) is 0 Å². The van der Waals surface area contributed by atoms with E-state index in [2.05, 4.69) is 36.3 Å². The van der Waals surface area contributed by atoms with Crippen LogP contribution in [0.15, 0.2) is 40.2 Å². The molecule has 2 aromatic rings. The summed E-state index contributed by atoms with van der Waals surface area (Å²) in [6.07, 6.45) is 19.4. The minimum atomic E-state index is -4.14. The minimum absolute atomic E-state index is 0. The maximum atomic E-state index is 13.4. The van der Waals surface area contributed by atoms with E-state index in [4.69, 9.17) is 10.5 Å². The van der Waals surface area contributed by atoms with Gasteiger partial charge in [0.2, 0.25) is 35.5 Å². The van der Waals surface area contributed by atoms with Crippen molar-refractivity contribution in [3.63, 3.8) is 0 Å². The molecule has 2 aromatic carbocycles. The zero-order valence-corrected chi connectivity index (χ0v) is 43.4. The number of hydrogen-bond acceptors (Lipinski definition) is 13. The number of nitrogens with one attached hydrogen (secondary N) is 6.